The molecule has 2 aromatic rings. The van der Waals surface area contributed by atoms with Gasteiger partial charge < -0.3 is 10.5 Å². The van der Waals surface area contributed by atoms with E-state index in [4.69, 9.17) is 45.3 Å². The Morgan fingerprint density at radius 3 is 2.22 bits per heavy atom. The van der Waals surface area contributed by atoms with Gasteiger partial charge in [-0.2, -0.15) is 0 Å². The van der Waals surface area contributed by atoms with Crippen molar-refractivity contribution in [2.24, 2.45) is 0 Å². The standard InChI is InChI=1S/C13H10Cl3NO/c14-9-3-1-8(2-4-9)7-18-13-6-11(16)10(15)5-12(13)17/h1-6H,7,17H2. The molecule has 2 aromatic carbocycles. The minimum Gasteiger partial charge on any atom is -0.487 e. The first-order chi connectivity index (χ1) is 8.56. The smallest absolute Gasteiger partial charge is 0.144 e. The molecule has 0 fully saturated rings. The van der Waals surface area contributed by atoms with Gasteiger partial charge in [-0.15, -0.1) is 0 Å². The van der Waals surface area contributed by atoms with Crippen molar-refractivity contribution in [3.8, 4) is 5.75 Å². The molecular formula is C13H10Cl3NO. The van der Waals surface area contributed by atoms with E-state index in [0.717, 1.165) is 5.56 Å². The van der Waals surface area contributed by atoms with Crippen molar-refractivity contribution in [1.29, 1.82) is 0 Å². The molecule has 94 valence electrons. The van der Waals surface area contributed by atoms with Crippen LogP contribution >= 0.6 is 34.8 Å². The van der Waals surface area contributed by atoms with Crippen LogP contribution < -0.4 is 10.5 Å². The first-order valence-corrected chi connectivity index (χ1v) is 6.31. The van der Waals surface area contributed by atoms with Crippen molar-refractivity contribution in [3.63, 3.8) is 0 Å². The van der Waals surface area contributed by atoms with Crippen LogP contribution in [0.1, 0.15) is 5.56 Å². The molecule has 2 N–H and O–H groups in total. The molecule has 0 unspecified atom stereocenters. The highest BCUT2D eigenvalue weighted by Crippen LogP contribution is 2.32. The van der Waals surface area contributed by atoms with E-state index in [2.05, 4.69) is 0 Å². The fourth-order valence-electron chi connectivity index (χ4n) is 1.41. The molecule has 0 aliphatic carbocycles. The van der Waals surface area contributed by atoms with E-state index >= 15 is 0 Å². The normalized spacial score (nSPS) is 10.4. The summed E-state index contributed by atoms with van der Waals surface area (Å²) in [6, 6.07) is 10.6. The fraction of sp³-hybridized carbons (Fsp3) is 0.0769. The van der Waals surface area contributed by atoms with Gasteiger partial charge in [-0.1, -0.05) is 46.9 Å². The van der Waals surface area contributed by atoms with Crippen LogP contribution in [0.4, 0.5) is 5.69 Å². The second kappa shape index (κ2) is 5.70. The molecule has 0 bridgehead atoms. The van der Waals surface area contributed by atoms with Crippen molar-refractivity contribution in [3.05, 3.63) is 57.0 Å². The molecule has 0 aliphatic rings. The number of ether oxygens (including phenoxy) is 1. The average molecular weight is 303 g/mol. The number of hydrogen-bond acceptors (Lipinski definition) is 2. The van der Waals surface area contributed by atoms with Crippen LogP contribution in [0.25, 0.3) is 0 Å². The van der Waals surface area contributed by atoms with Crippen LogP contribution in [0.3, 0.4) is 0 Å². The third-order valence-corrected chi connectivity index (χ3v) is 3.33. The monoisotopic (exact) mass is 301 g/mol. The summed E-state index contributed by atoms with van der Waals surface area (Å²) in [5, 5.41) is 1.51. The number of nitrogen functional groups attached to an aromatic ring is 1. The van der Waals surface area contributed by atoms with Gasteiger partial charge in [0.05, 0.1) is 15.7 Å². The summed E-state index contributed by atoms with van der Waals surface area (Å²) in [5.41, 5.74) is 7.24. The summed E-state index contributed by atoms with van der Waals surface area (Å²) in [7, 11) is 0. The Kier molecular flexibility index (Phi) is 4.23. The number of nitrogens with two attached hydrogens (primary N) is 1. The molecule has 0 aromatic heterocycles. The minimum absolute atomic E-state index is 0.388. The van der Waals surface area contributed by atoms with Crippen LogP contribution in [-0.4, -0.2) is 0 Å². The molecule has 2 nitrogen and oxygen atoms in total. The Balaban J connectivity index is 2.10. The average Bonchev–Trinajstić information content (AvgIpc) is 2.34. The van der Waals surface area contributed by atoms with E-state index in [1.54, 1.807) is 24.3 Å². The molecule has 0 amide bonds. The maximum Gasteiger partial charge on any atom is 0.144 e. The molecule has 0 aliphatic heterocycles. The lowest BCUT2D eigenvalue weighted by Gasteiger charge is -2.10. The van der Waals surface area contributed by atoms with Crippen LogP contribution in [0.15, 0.2) is 36.4 Å². The second-order valence-electron chi connectivity index (χ2n) is 3.72. The van der Waals surface area contributed by atoms with Crippen molar-refractivity contribution < 1.29 is 4.74 Å². The van der Waals surface area contributed by atoms with Crippen LogP contribution in [0.5, 0.6) is 5.75 Å². The van der Waals surface area contributed by atoms with Gasteiger partial charge in [0.15, 0.2) is 0 Å². The zero-order valence-electron chi connectivity index (χ0n) is 9.29. The molecule has 18 heavy (non-hydrogen) atoms. The highest BCUT2D eigenvalue weighted by molar-refractivity contribution is 6.42. The SMILES string of the molecule is Nc1cc(Cl)c(Cl)cc1OCc1ccc(Cl)cc1. The lowest BCUT2D eigenvalue weighted by Crippen LogP contribution is -1.98. The molecule has 2 rings (SSSR count). The molecule has 0 saturated heterocycles. The maximum absolute atomic E-state index is 5.90. The van der Waals surface area contributed by atoms with Gasteiger partial charge in [0.25, 0.3) is 0 Å². The maximum atomic E-state index is 5.90. The molecular weight excluding hydrogens is 293 g/mol. The summed E-state index contributed by atoms with van der Waals surface area (Å²) in [5.74, 6) is 0.513. The molecule has 0 heterocycles. The topological polar surface area (TPSA) is 35.2 Å². The number of halogens is 3. The van der Waals surface area contributed by atoms with Crippen molar-refractivity contribution >= 4 is 40.5 Å². The Hall–Kier alpha value is -1.09. The van der Waals surface area contributed by atoms with Crippen molar-refractivity contribution in [2.75, 3.05) is 5.73 Å². The molecule has 5 heteroatoms. The van der Waals surface area contributed by atoms with Gasteiger partial charge in [-0.05, 0) is 23.8 Å². The van der Waals surface area contributed by atoms with E-state index in [9.17, 15) is 0 Å². The summed E-state index contributed by atoms with van der Waals surface area (Å²) >= 11 is 17.5. The van der Waals surface area contributed by atoms with Gasteiger partial charge in [-0.25, -0.2) is 0 Å². The molecule has 0 saturated carbocycles. The lowest BCUT2D eigenvalue weighted by molar-refractivity contribution is 0.308. The minimum atomic E-state index is 0.388. The predicted octanol–water partition coefficient (Wildman–Crippen LogP) is 4.81. The number of benzene rings is 2. The second-order valence-corrected chi connectivity index (χ2v) is 4.97. The lowest BCUT2D eigenvalue weighted by atomic mass is 10.2. The van der Waals surface area contributed by atoms with E-state index in [1.807, 2.05) is 12.1 Å². The van der Waals surface area contributed by atoms with Crippen LogP contribution in [0, 0.1) is 0 Å². The number of anilines is 1. The van der Waals surface area contributed by atoms with Gasteiger partial charge in [0, 0.05) is 11.1 Å². The van der Waals surface area contributed by atoms with E-state index in [1.165, 1.54) is 0 Å². The Labute approximate surface area is 120 Å². The Morgan fingerprint density at radius 2 is 1.56 bits per heavy atom. The summed E-state index contributed by atoms with van der Waals surface area (Å²) in [6.45, 7) is 0.388. The summed E-state index contributed by atoms with van der Waals surface area (Å²) in [6.07, 6.45) is 0. The van der Waals surface area contributed by atoms with Gasteiger partial charge in [0.2, 0.25) is 0 Å². The number of rotatable bonds is 3. The third-order valence-electron chi connectivity index (χ3n) is 2.36. The van der Waals surface area contributed by atoms with Gasteiger partial charge in [-0.3, -0.25) is 0 Å². The summed E-state index contributed by atoms with van der Waals surface area (Å²) in [4.78, 5) is 0. The van der Waals surface area contributed by atoms with Crippen molar-refractivity contribution in [2.45, 2.75) is 6.61 Å². The fourth-order valence-corrected chi connectivity index (χ4v) is 1.86. The first kappa shape index (κ1) is 13.3. The first-order valence-electron chi connectivity index (χ1n) is 5.18. The Bertz CT molecular complexity index is 555. The van der Waals surface area contributed by atoms with Crippen LogP contribution in [-0.2, 0) is 6.61 Å². The Morgan fingerprint density at radius 1 is 0.944 bits per heavy atom. The zero-order valence-corrected chi connectivity index (χ0v) is 11.6. The third kappa shape index (κ3) is 3.22. The van der Waals surface area contributed by atoms with Crippen molar-refractivity contribution in [1.82, 2.24) is 0 Å². The largest absolute Gasteiger partial charge is 0.487 e. The highest BCUT2D eigenvalue weighted by atomic mass is 35.5. The predicted molar refractivity (Wildman–Crippen MR) is 76.7 cm³/mol. The highest BCUT2D eigenvalue weighted by Gasteiger charge is 2.06. The van der Waals surface area contributed by atoms with E-state index < -0.39 is 0 Å². The molecule has 0 atom stereocenters. The molecule has 0 radical (unpaired) electrons. The quantitative estimate of drug-likeness (QED) is 0.826. The van der Waals surface area contributed by atoms with Gasteiger partial charge >= 0.3 is 0 Å². The number of hydrogen-bond donors (Lipinski definition) is 1. The molecule has 0 spiro atoms. The van der Waals surface area contributed by atoms with Crippen LogP contribution in [0.2, 0.25) is 15.1 Å². The van der Waals surface area contributed by atoms with E-state index in [0.29, 0.717) is 33.1 Å². The van der Waals surface area contributed by atoms with E-state index in [-0.39, 0.29) is 0 Å². The summed E-state index contributed by atoms with van der Waals surface area (Å²) < 4.78 is 5.59. The zero-order chi connectivity index (χ0) is 13.1. The van der Waals surface area contributed by atoms with Gasteiger partial charge in [0.1, 0.15) is 12.4 Å².